The Morgan fingerprint density at radius 1 is 0.833 bits per heavy atom. The SMILES string of the molecule is O=C(O)CCC(=O)NCC(=O)NCC(=O)NC(Cc1ccccc1)C(=O)Nc1ccc([N+](=O)[O-])cc1. The number of anilines is 1. The van der Waals surface area contributed by atoms with E-state index in [9.17, 15) is 34.1 Å². The standard InChI is InChI=1S/C23H25N5O8/c29-19(10-11-22(32)33)24-13-20(30)25-14-21(31)27-18(12-15-4-2-1-3-5-15)23(34)26-16-6-8-17(9-7-16)28(35)36/h1-9,18H,10-14H2,(H,24,29)(H,25,30)(H,26,34)(H,27,31)(H,32,33). The number of non-ortho nitro benzene ring substituents is 1. The summed E-state index contributed by atoms with van der Waals surface area (Å²) < 4.78 is 0. The Balaban J connectivity index is 1.93. The second-order valence-electron chi connectivity index (χ2n) is 7.55. The number of nitro groups is 1. The third kappa shape index (κ3) is 9.99. The molecule has 36 heavy (non-hydrogen) atoms. The maximum atomic E-state index is 12.9. The van der Waals surface area contributed by atoms with Crippen LogP contribution in [-0.4, -0.2) is 58.8 Å². The van der Waals surface area contributed by atoms with E-state index in [2.05, 4.69) is 21.3 Å². The Morgan fingerprint density at radius 2 is 1.44 bits per heavy atom. The minimum Gasteiger partial charge on any atom is -0.481 e. The van der Waals surface area contributed by atoms with Crippen molar-refractivity contribution < 1.29 is 34.0 Å². The Bertz CT molecular complexity index is 1110. The summed E-state index contributed by atoms with van der Waals surface area (Å²) in [5.74, 6) is -3.68. The van der Waals surface area contributed by atoms with Crippen LogP contribution in [0.3, 0.4) is 0 Å². The highest BCUT2D eigenvalue weighted by Gasteiger charge is 2.22. The Morgan fingerprint density at radius 3 is 2.06 bits per heavy atom. The predicted octanol–water partition coefficient (Wildman–Crippen LogP) is 0.358. The third-order valence-corrected chi connectivity index (χ3v) is 4.74. The molecule has 1 unspecified atom stereocenters. The zero-order valence-electron chi connectivity index (χ0n) is 19.1. The first kappa shape index (κ1) is 27.4. The van der Waals surface area contributed by atoms with E-state index in [4.69, 9.17) is 5.11 Å². The molecular weight excluding hydrogens is 474 g/mol. The van der Waals surface area contributed by atoms with Gasteiger partial charge in [0.15, 0.2) is 0 Å². The van der Waals surface area contributed by atoms with E-state index in [0.717, 1.165) is 5.56 Å². The molecule has 4 amide bonds. The van der Waals surface area contributed by atoms with E-state index in [1.165, 1.54) is 24.3 Å². The number of carbonyl (C=O) groups excluding carboxylic acids is 4. The smallest absolute Gasteiger partial charge is 0.303 e. The molecular formula is C23H25N5O8. The first-order valence-corrected chi connectivity index (χ1v) is 10.8. The normalized spacial score (nSPS) is 11.0. The second kappa shape index (κ2) is 13.8. The lowest BCUT2D eigenvalue weighted by Crippen LogP contribution is -2.49. The highest BCUT2D eigenvalue weighted by molar-refractivity contribution is 5.98. The molecule has 5 N–H and O–H groups in total. The lowest BCUT2D eigenvalue weighted by Gasteiger charge is -2.19. The molecule has 1 atom stereocenters. The highest BCUT2D eigenvalue weighted by atomic mass is 16.6. The van der Waals surface area contributed by atoms with Crippen LogP contribution < -0.4 is 21.3 Å². The molecule has 0 saturated carbocycles. The number of hydrogen-bond acceptors (Lipinski definition) is 7. The minimum atomic E-state index is -1.14. The van der Waals surface area contributed by atoms with E-state index >= 15 is 0 Å². The predicted molar refractivity (Wildman–Crippen MR) is 127 cm³/mol. The second-order valence-corrected chi connectivity index (χ2v) is 7.55. The average Bonchev–Trinajstić information content (AvgIpc) is 2.85. The minimum absolute atomic E-state index is 0.138. The Kier molecular flexibility index (Phi) is 10.5. The molecule has 0 aliphatic heterocycles. The van der Waals surface area contributed by atoms with Crippen LogP contribution in [0, 0.1) is 10.1 Å². The van der Waals surface area contributed by atoms with Crippen LogP contribution in [0.5, 0.6) is 0 Å². The summed E-state index contributed by atoms with van der Waals surface area (Å²) in [5.41, 5.74) is 0.913. The number of carboxylic acid groups (broad SMARTS) is 1. The quantitative estimate of drug-likeness (QED) is 0.192. The van der Waals surface area contributed by atoms with Crippen molar-refractivity contribution in [2.75, 3.05) is 18.4 Å². The van der Waals surface area contributed by atoms with Gasteiger partial charge in [0, 0.05) is 30.7 Å². The van der Waals surface area contributed by atoms with Crippen LogP contribution >= 0.6 is 0 Å². The largest absolute Gasteiger partial charge is 0.481 e. The van der Waals surface area contributed by atoms with Crippen LogP contribution in [0.25, 0.3) is 0 Å². The summed E-state index contributed by atoms with van der Waals surface area (Å²) in [6.45, 7) is -0.917. The molecule has 0 aromatic heterocycles. The van der Waals surface area contributed by atoms with Gasteiger partial charge in [-0.1, -0.05) is 30.3 Å². The van der Waals surface area contributed by atoms with Crippen molar-refractivity contribution >= 4 is 41.0 Å². The van der Waals surface area contributed by atoms with Gasteiger partial charge in [0.05, 0.1) is 24.4 Å². The van der Waals surface area contributed by atoms with Gasteiger partial charge in [0.25, 0.3) is 5.69 Å². The molecule has 0 saturated heterocycles. The number of nitro benzene ring substituents is 1. The van der Waals surface area contributed by atoms with Crippen LogP contribution in [-0.2, 0) is 30.4 Å². The van der Waals surface area contributed by atoms with Crippen molar-refractivity contribution in [3.05, 3.63) is 70.3 Å². The summed E-state index contributed by atoms with van der Waals surface area (Å²) in [6, 6.07) is 13.0. The van der Waals surface area contributed by atoms with Crippen LogP contribution in [0.15, 0.2) is 54.6 Å². The fourth-order valence-electron chi connectivity index (χ4n) is 2.93. The molecule has 0 spiro atoms. The fraction of sp³-hybridized carbons (Fsp3) is 0.261. The number of benzene rings is 2. The third-order valence-electron chi connectivity index (χ3n) is 4.74. The lowest BCUT2D eigenvalue weighted by atomic mass is 10.0. The zero-order valence-corrected chi connectivity index (χ0v) is 19.1. The van der Waals surface area contributed by atoms with Crippen LogP contribution in [0.2, 0.25) is 0 Å². The molecule has 0 fully saturated rings. The van der Waals surface area contributed by atoms with Crippen molar-refractivity contribution in [3.8, 4) is 0 Å². The maximum absolute atomic E-state index is 12.9. The van der Waals surface area contributed by atoms with E-state index < -0.39 is 53.7 Å². The molecule has 0 radical (unpaired) electrons. The van der Waals surface area contributed by atoms with Crippen LogP contribution in [0.4, 0.5) is 11.4 Å². The van der Waals surface area contributed by atoms with Crippen molar-refractivity contribution in [3.63, 3.8) is 0 Å². The van der Waals surface area contributed by atoms with E-state index in [1.807, 2.05) is 0 Å². The number of amides is 4. The Hall–Kier alpha value is -4.81. The number of hydrogen-bond donors (Lipinski definition) is 5. The molecule has 190 valence electrons. The fourth-order valence-corrected chi connectivity index (χ4v) is 2.93. The van der Waals surface area contributed by atoms with E-state index in [-0.39, 0.29) is 24.9 Å². The number of carbonyl (C=O) groups is 5. The van der Waals surface area contributed by atoms with Crippen molar-refractivity contribution in [2.45, 2.75) is 25.3 Å². The number of aliphatic carboxylic acids is 1. The average molecular weight is 499 g/mol. The molecule has 13 heteroatoms. The van der Waals surface area contributed by atoms with Crippen molar-refractivity contribution in [2.24, 2.45) is 0 Å². The molecule has 0 aliphatic carbocycles. The molecule has 2 aromatic carbocycles. The molecule has 0 heterocycles. The number of carboxylic acids is 1. The van der Waals surface area contributed by atoms with Gasteiger partial charge in [-0.2, -0.15) is 0 Å². The first-order chi connectivity index (χ1) is 17.1. The van der Waals surface area contributed by atoms with Crippen LogP contribution in [0.1, 0.15) is 18.4 Å². The van der Waals surface area contributed by atoms with Gasteiger partial charge < -0.3 is 26.4 Å². The van der Waals surface area contributed by atoms with Crippen molar-refractivity contribution in [1.82, 2.24) is 16.0 Å². The summed E-state index contributed by atoms with van der Waals surface area (Å²) in [5, 5.41) is 29.0. The lowest BCUT2D eigenvalue weighted by molar-refractivity contribution is -0.384. The molecule has 2 rings (SSSR count). The summed E-state index contributed by atoms with van der Waals surface area (Å²) in [4.78, 5) is 69.3. The summed E-state index contributed by atoms with van der Waals surface area (Å²) in [7, 11) is 0. The summed E-state index contributed by atoms with van der Waals surface area (Å²) in [6.07, 6.45) is -0.520. The van der Waals surface area contributed by atoms with Gasteiger partial charge >= 0.3 is 5.97 Å². The van der Waals surface area contributed by atoms with E-state index in [1.54, 1.807) is 30.3 Å². The molecule has 0 bridgehead atoms. The molecule has 2 aromatic rings. The van der Waals surface area contributed by atoms with Crippen molar-refractivity contribution in [1.29, 1.82) is 0 Å². The Labute approximate surface area is 205 Å². The molecule has 0 aliphatic rings. The first-order valence-electron chi connectivity index (χ1n) is 10.8. The maximum Gasteiger partial charge on any atom is 0.303 e. The number of nitrogens with zero attached hydrogens (tertiary/aromatic N) is 1. The van der Waals surface area contributed by atoms with Gasteiger partial charge in [-0.15, -0.1) is 0 Å². The number of rotatable bonds is 13. The summed E-state index contributed by atoms with van der Waals surface area (Å²) >= 11 is 0. The molecule has 13 nitrogen and oxygen atoms in total. The van der Waals surface area contributed by atoms with Gasteiger partial charge in [-0.3, -0.25) is 34.1 Å². The van der Waals surface area contributed by atoms with Gasteiger partial charge in [0.1, 0.15) is 6.04 Å². The van der Waals surface area contributed by atoms with Gasteiger partial charge in [-0.25, -0.2) is 0 Å². The van der Waals surface area contributed by atoms with E-state index in [0.29, 0.717) is 5.69 Å². The zero-order chi connectivity index (χ0) is 26.5. The monoisotopic (exact) mass is 499 g/mol. The van der Waals surface area contributed by atoms with Gasteiger partial charge in [0.2, 0.25) is 23.6 Å². The topological polar surface area (TPSA) is 197 Å². The van der Waals surface area contributed by atoms with Gasteiger partial charge in [-0.05, 0) is 17.7 Å². The highest BCUT2D eigenvalue weighted by Crippen LogP contribution is 2.16. The number of nitrogens with one attached hydrogen (secondary N) is 4.